The average molecular weight is 451 g/mol. The summed E-state index contributed by atoms with van der Waals surface area (Å²) in [6.07, 6.45) is 0.985. The van der Waals surface area contributed by atoms with Crippen LogP contribution in [-0.2, 0) is 14.3 Å². The molecule has 0 aliphatic heterocycles. The Morgan fingerprint density at radius 3 is 2.27 bits per heavy atom. The average Bonchev–Trinajstić information content (AvgIpc) is 3.53. The van der Waals surface area contributed by atoms with Crippen LogP contribution in [0.25, 0.3) is 11.1 Å². The van der Waals surface area contributed by atoms with Gasteiger partial charge < -0.3 is 20.5 Å². The Labute approximate surface area is 193 Å². The third-order valence-electron chi connectivity index (χ3n) is 6.72. The maximum absolute atomic E-state index is 12.3. The minimum Gasteiger partial charge on any atom is -0.481 e. The first-order chi connectivity index (χ1) is 16.0. The van der Waals surface area contributed by atoms with Gasteiger partial charge in [-0.15, -0.1) is 0 Å². The highest BCUT2D eigenvalue weighted by Gasteiger charge is 2.43. The number of nitrogens with one attached hydrogen (secondary N) is 2. The fourth-order valence-corrected chi connectivity index (χ4v) is 4.64. The van der Waals surface area contributed by atoms with Crippen molar-refractivity contribution in [3.63, 3.8) is 0 Å². The summed E-state index contributed by atoms with van der Waals surface area (Å²) in [5.74, 6) is -1.03. The second kappa shape index (κ2) is 10.1. The summed E-state index contributed by atoms with van der Waals surface area (Å²) in [5.41, 5.74) is 4.70. The number of rotatable bonds is 10. The van der Waals surface area contributed by atoms with Gasteiger partial charge in [-0.1, -0.05) is 61.9 Å². The number of alkyl carbamates (subject to hydrolysis) is 1. The zero-order valence-corrected chi connectivity index (χ0v) is 18.8. The number of hydrogen-bond donors (Lipinski definition) is 3. The van der Waals surface area contributed by atoms with Gasteiger partial charge in [0.25, 0.3) is 0 Å². The predicted octanol–water partition coefficient (Wildman–Crippen LogP) is 3.78. The van der Waals surface area contributed by atoms with E-state index < -0.39 is 12.1 Å². The van der Waals surface area contributed by atoms with Crippen molar-refractivity contribution in [2.75, 3.05) is 19.7 Å². The van der Waals surface area contributed by atoms with Gasteiger partial charge in [0, 0.05) is 31.3 Å². The Morgan fingerprint density at radius 1 is 1.03 bits per heavy atom. The van der Waals surface area contributed by atoms with Crippen molar-refractivity contribution >= 4 is 18.0 Å². The van der Waals surface area contributed by atoms with E-state index in [-0.39, 0.29) is 42.6 Å². The molecule has 2 aliphatic carbocycles. The molecule has 2 aromatic rings. The number of benzene rings is 2. The Hall–Kier alpha value is -3.35. The first-order valence-electron chi connectivity index (χ1n) is 11.6. The van der Waals surface area contributed by atoms with E-state index in [0.29, 0.717) is 25.9 Å². The van der Waals surface area contributed by atoms with Crippen LogP contribution in [0.1, 0.15) is 43.2 Å². The molecule has 0 aromatic heterocycles. The lowest BCUT2D eigenvalue weighted by Gasteiger charge is -2.15. The summed E-state index contributed by atoms with van der Waals surface area (Å²) in [5, 5.41) is 14.5. The van der Waals surface area contributed by atoms with Crippen LogP contribution in [0.3, 0.4) is 0 Å². The molecule has 2 aliphatic rings. The number of aliphatic carboxylic acids is 1. The number of carbonyl (C=O) groups is 3. The zero-order chi connectivity index (χ0) is 23.4. The van der Waals surface area contributed by atoms with E-state index >= 15 is 0 Å². The van der Waals surface area contributed by atoms with Crippen molar-refractivity contribution in [3.05, 3.63) is 59.7 Å². The Morgan fingerprint density at radius 2 is 1.67 bits per heavy atom. The summed E-state index contributed by atoms with van der Waals surface area (Å²) in [6.45, 7) is 2.93. The molecule has 33 heavy (non-hydrogen) atoms. The van der Waals surface area contributed by atoms with Gasteiger partial charge in [-0.25, -0.2) is 4.79 Å². The molecule has 7 heteroatoms. The summed E-state index contributed by atoms with van der Waals surface area (Å²) in [7, 11) is 0. The molecule has 2 amide bonds. The van der Waals surface area contributed by atoms with E-state index in [0.717, 1.165) is 0 Å². The lowest BCUT2D eigenvalue weighted by Crippen LogP contribution is -2.33. The Bertz CT molecular complexity index is 991. The van der Waals surface area contributed by atoms with Crippen molar-refractivity contribution in [1.82, 2.24) is 10.6 Å². The molecule has 174 valence electrons. The maximum Gasteiger partial charge on any atom is 0.407 e. The number of amides is 2. The van der Waals surface area contributed by atoms with Gasteiger partial charge >= 0.3 is 12.1 Å². The standard InChI is InChI=1S/C26H30N2O5/c1-2-16(11-24(29)30)13-27-25(31)22-12-17(22)14-28-26(32)33-15-23-20-9-5-3-7-18(20)19-8-4-6-10-21(19)23/h3-10,16-17,22-23H,2,11-15H2,1H3,(H,27,31)(H,28,32)(H,29,30)/t16?,17-,22-/m0/s1. The molecule has 0 radical (unpaired) electrons. The highest BCUT2D eigenvalue weighted by Crippen LogP contribution is 2.44. The number of carboxylic acid groups (broad SMARTS) is 1. The van der Waals surface area contributed by atoms with Crippen LogP contribution in [0.2, 0.25) is 0 Å². The number of ether oxygens (including phenoxy) is 1. The van der Waals surface area contributed by atoms with E-state index in [2.05, 4.69) is 34.9 Å². The largest absolute Gasteiger partial charge is 0.481 e. The van der Waals surface area contributed by atoms with E-state index in [1.54, 1.807) is 0 Å². The zero-order valence-electron chi connectivity index (χ0n) is 18.8. The monoisotopic (exact) mass is 450 g/mol. The quantitative estimate of drug-likeness (QED) is 0.511. The summed E-state index contributed by atoms with van der Waals surface area (Å²) in [4.78, 5) is 35.5. The number of fused-ring (bicyclic) bond motifs is 3. The van der Waals surface area contributed by atoms with Crippen molar-refractivity contribution in [2.24, 2.45) is 17.8 Å². The molecule has 2 aromatic carbocycles. The predicted molar refractivity (Wildman–Crippen MR) is 124 cm³/mol. The highest BCUT2D eigenvalue weighted by atomic mass is 16.5. The fourth-order valence-electron chi connectivity index (χ4n) is 4.64. The molecule has 0 heterocycles. The molecule has 1 unspecified atom stereocenters. The number of hydrogen-bond acceptors (Lipinski definition) is 4. The van der Waals surface area contributed by atoms with Crippen LogP contribution in [0.15, 0.2) is 48.5 Å². The minimum absolute atomic E-state index is 0.0138. The van der Waals surface area contributed by atoms with Crippen LogP contribution in [0.5, 0.6) is 0 Å². The van der Waals surface area contributed by atoms with Gasteiger partial charge in [0.1, 0.15) is 6.61 Å². The number of carbonyl (C=O) groups excluding carboxylic acids is 2. The lowest BCUT2D eigenvalue weighted by atomic mass is 9.98. The van der Waals surface area contributed by atoms with Crippen molar-refractivity contribution in [1.29, 1.82) is 0 Å². The smallest absolute Gasteiger partial charge is 0.407 e. The lowest BCUT2D eigenvalue weighted by molar-refractivity contribution is -0.138. The number of carboxylic acids is 1. The van der Waals surface area contributed by atoms with E-state index in [4.69, 9.17) is 9.84 Å². The van der Waals surface area contributed by atoms with E-state index in [1.807, 2.05) is 31.2 Å². The molecule has 3 atom stereocenters. The van der Waals surface area contributed by atoms with Gasteiger partial charge in [0.2, 0.25) is 5.91 Å². The summed E-state index contributed by atoms with van der Waals surface area (Å²) >= 11 is 0. The molecule has 0 saturated heterocycles. The van der Waals surface area contributed by atoms with Gasteiger partial charge in [-0.3, -0.25) is 9.59 Å². The second-order valence-electron chi connectivity index (χ2n) is 8.93. The van der Waals surface area contributed by atoms with Crippen LogP contribution >= 0.6 is 0 Å². The fraction of sp³-hybridized carbons (Fsp3) is 0.423. The molecule has 0 spiro atoms. The topological polar surface area (TPSA) is 105 Å². The molecule has 1 fully saturated rings. The van der Waals surface area contributed by atoms with E-state index in [9.17, 15) is 14.4 Å². The normalized spacial score (nSPS) is 19.2. The second-order valence-corrected chi connectivity index (χ2v) is 8.93. The van der Waals surface area contributed by atoms with Gasteiger partial charge in [-0.2, -0.15) is 0 Å². The van der Waals surface area contributed by atoms with Gasteiger partial charge in [-0.05, 0) is 40.5 Å². The molecule has 0 bridgehead atoms. The molecular weight excluding hydrogens is 420 g/mol. The molecular formula is C26H30N2O5. The molecule has 7 nitrogen and oxygen atoms in total. The minimum atomic E-state index is -0.854. The van der Waals surface area contributed by atoms with Crippen molar-refractivity contribution in [3.8, 4) is 11.1 Å². The molecule has 1 saturated carbocycles. The van der Waals surface area contributed by atoms with Crippen LogP contribution in [0, 0.1) is 17.8 Å². The summed E-state index contributed by atoms with van der Waals surface area (Å²) < 4.78 is 5.54. The third kappa shape index (κ3) is 5.35. The maximum atomic E-state index is 12.3. The van der Waals surface area contributed by atoms with Crippen molar-refractivity contribution < 1.29 is 24.2 Å². The third-order valence-corrected chi connectivity index (χ3v) is 6.72. The van der Waals surface area contributed by atoms with Crippen molar-refractivity contribution in [2.45, 2.75) is 32.1 Å². The van der Waals surface area contributed by atoms with Crippen LogP contribution in [-0.4, -0.2) is 42.8 Å². The first kappa shape index (κ1) is 22.8. The van der Waals surface area contributed by atoms with Crippen LogP contribution in [0.4, 0.5) is 4.79 Å². The molecule has 3 N–H and O–H groups in total. The SMILES string of the molecule is CCC(CNC(=O)[C@H]1C[C@H]1CNC(=O)OCC1c2ccccc2-c2ccccc21)CC(=O)O. The highest BCUT2D eigenvalue weighted by molar-refractivity contribution is 5.82. The van der Waals surface area contributed by atoms with Gasteiger partial charge in [0.15, 0.2) is 0 Å². The van der Waals surface area contributed by atoms with Crippen LogP contribution < -0.4 is 10.6 Å². The summed E-state index contributed by atoms with van der Waals surface area (Å²) in [6, 6.07) is 16.4. The first-order valence-corrected chi connectivity index (χ1v) is 11.6. The Balaban J connectivity index is 1.21. The molecule has 4 rings (SSSR count). The van der Waals surface area contributed by atoms with Gasteiger partial charge in [0.05, 0.1) is 0 Å². The van der Waals surface area contributed by atoms with E-state index in [1.165, 1.54) is 22.3 Å². The Kier molecular flexibility index (Phi) is 6.96.